The molecule has 0 bridgehead atoms. The van der Waals surface area contributed by atoms with Crippen LogP contribution in [0.4, 0.5) is 10.9 Å². The van der Waals surface area contributed by atoms with Crippen molar-refractivity contribution in [2.24, 2.45) is 0 Å². The zero-order valence-corrected chi connectivity index (χ0v) is 16.2. The predicted molar refractivity (Wildman–Crippen MR) is 103 cm³/mol. The van der Waals surface area contributed by atoms with Gasteiger partial charge in [-0.25, -0.2) is 9.97 Å². The van der Waals surface area contributed by atoms with Crippen molar-refractivity contribution in [1.29, 1.82) is 0 Å². The summed E-state index contributed by atoms with van der Waals surface area (Å²) in [6.45, 7) is 8.00. The largest absolute Gasteiger partial charge is 0.346 e. The Kier molecular flexibility index (Phi) is 5.56. The van der Waals surface area contributed by atoms with Gasteiger partial charge in [-0.3, -0.25) is 4.79 Å². The second-order valence-corrected chi connectivity index (χ2v) is 7.86. The fourth-order valence-electron chi connectivity index (χ4n) is 2.65. The maximum Gasteiger partial charge on any atom is 0.276 e. The second kappa shape index (κ2) is 7.68. The fraction of sp³-hybridized carbons (Fsp3) is 0.471. The molecule has 1 amide bonds. The number of carbonyl (C=O) groups is 1. The van der Waals surface area contributed by atoms with Gasteiger partial charge in [-0.1, -0.05) is 25.4 Å². The highest BCUT2D eigenvalue weighted by Gasteiger charge is 2.25. The van der Waals surface area contributed by atoms with E-state index in [0.717, 1.165) is 36.2 Å². The molecular formula is C17H22ClN5OS. The average Bonchev–Trinajstić information content (AvgIpc) is 3.03. The molecule has 2 aromatic rings. The standard InChI is InChI=1S/C17H22ClN5OS/c1-11(2)14-13(16(24)21-15-12(18)5-4-6-19-15)20-17(25-14)23-9-7-22(3)8-10-23/h4-6,11H,7-10H2,1-3H3,(H,19,21,24). The number of hydrogen-bond donors (Lipinski definition) is 1. The van der Waals surface area contributed by atoms with Gasteiger partial charge in [0, 0.05) is 37.3 Å². The SMILES string of the molecule is CC(C)c1sc(N2CCN(C)CC2)nc1C(=O)Nc1ncccc1Cl. The van der Waals surface area contributed by atoms with Gasteiger partial charge < -0.3 is 15.1 Å². The highest BCUT2D eigenvalue weighted by molar-refractivity contribution is 7.16. The van der Waals surface area contributed by atoms with Crippen LogP contribution in [-0.4, -0.2) is 54.0 Å². The molecule has 1 saturated heterocycles. The molecule has 0 aliphatic carbocycles. The predicted octanol–water partition coefficient (Wildman–Crippen LogP) is 3.32. The van der Waals surface area contributed by atoms with E-state index in [2.05, 4.69) is 46.0 Å². The van der Waals surface area contributed by atoms with E-state index in [1.165, 1.54) is 0 Å². The molecule has 2 aromatic heterocycles. The van der Waals surface area contributed by atoms with Gasteiger partial charge >= 0.3 is 0 Å². The number of anilines is 2. The molecule has 0 radical (unpaired) electrons. The van der Waals surface area contributed by atoms with Gasteiger partial charge in [0.05, 0.1) is 5.02 Å². The molecule has 25 heavy (non-hydrogen) atoms. The Morgan fingerprint density at radius 1 is 1.32 bits per heavy atom. The number of nitrogens with one attached hydrogen (secondary N) is 1. The highest BCUT2D eigenvalue weighted by atomic mass is 35.5. The monoisotopic (exact) mass is 379 g/mol. The number of likely N-dealkylation sites (N-methyl/N-ethyl adjacent to an activating group) is 1. The Labute approximate surface area is 156 Å². The van der Waals surface area contributed by atoms with E-state index in [9.17, 15) is 4.79 Å². The van der Waals surface area contributed by atoms with E-state index < -0.39 is 0 Å². The van der Waals surface area contributed by atoms with Crippen LogP contribution in [0, 0.1) is 0 Å². The minimum absolute atomic E-state index is 0.221. The van der Waals surface area contributed by atoms with Gasteiger partial charge in [-0.2, -0.15) is 0 Å². The smallest absolute Gasteiger partial charge is 0.276 e. The van der Waals surface area contributed by atoms with Crippen LogP contribution in [0.15, 0.2) is 18.3 Å². The van der Waals surface area contributed by atoms with E-state index in [1.807, 2.05) is 0 Å². The second-order valence-electron chi connectivity index (χ2n) is 6.44. The van der Waals surface area contributed by atoms with Gasteiger partial charge in [-0.15, -0.1) is 11.3 Å². The first-order chi connectivity index (χ1) is 12.0. The summed E-state index contributed by atoms with van der Waals surface area (Å²) in [6, 6.07) is 3.43. The van der Waals surface area contributed by atoms with Crippen molar-refractivity contribution < 1.29 is 4.79 Å². The minimum Gasteiger partial charge on any atom is -0.346 e. The van der Waals surface area contributed by atoms with Crippen molar-refractivity contribution >= 4 is 39.8 Å². The molecule has 1 aliphatic rings. The van der Waals surface area contributed by atoms with E-state index in [1.54, 1.807) is 29.7 Å². The summed E-state index contributed by atoms with van der Waals surface area (Å²) in [5.41, 5.74) is 0.468. The van der Waals surface area contributed by atoms with Crippen molar-refractivity contribution in [3.05, 3.63) is 33.9 Å². The third-order valence-electron chi connectivity index (χ3n) is 4.15. The lowest BCUT2D eigenvalue weighted by Gasteiger charge is -2.32. The number of nitrogens with zero attached hydrogens (tertiary/aromatic N) is 4. The lowest BCUT2D eigenvalue weighted by atomic mass is 10.1. The lowest BCUT2D eigenvalue weighted by Crippen LogP contribution is -2.44. The molecule has 8 heteroatoms. The number of pyridine rings is 1. The van der Waals surface area contributed by atoms with Crippen molar-refractivity contribution in [3.63, 3.8) is 0 Å². The Bertz CT molecular complexity index is 755. The summed E-state index contributed by atoms with van der Waals surface area (Å²) in [4.78, 5) is 27.0. The molecule has 0 saturated carbocycles. The molecule has 0 atom stereocenters. The van der Waals surface area contributed by atoms with Gasteiger partial charge in [0.1, 0.15) is 5.69 Å². The third kappa shape index (κ3) is 4.11. The van der Waals surface area contributed by atoms with Crippen LogP contribution >= 0.6 is 22.9 Å². The van der Waals surface area contributed by atoms with Crippen molar-refractivity contribution in [3.8, 4) is 0 Å². The average molecular weight is 380 g/mol. The van der Waals surface area contributed by atoms with Crippen LogP contribution < -0.4 is 10.2 Å². The quantitative estimate of drug-likeness (QED) is 0.882. The molecule has 6 nitrogen and oxygen atoms in total. The molecule has 3 rings (SSSR count). The van der Waals surface area contributed by atoms with Crippen LogP contribution in [0.25, 0.3) is 0 Å². The van der Waals surface area contributed by atoms with Crippen molar-refractivity contribution in [2.45, 2.75) is 19.8 Å². The first kappa shape index (κ1) is 18.1. The molecule has 3 heterocycles. The topological polar surface area (TPSA) is 61.4 Å². The molecule has 0 aromatic carbocycles. The summed E-state index contributed by atoms with van der Waals surface area (Å²) in [5.74, 6) is 0.317. The Balaban J connectivity index is 1.84. The first-order valence-corrected chi connectivity index (χ1v) is 9.51. The van der Waals surface area contributed by atoms with Gasteiger partial charge in [0.15, 0.2) is 10.9 Å². The van der Waals surface area contributed by atoms with Crippen LogP contribution in [-0.2, 0) is 0 Å². The first-order valence-electron chi connectivity index (χ1n) is 8.31. The number of carbonyl (C=O) groups excluding carboxylic acids is 1. The summed E-state index contributed by atoms with van der Waals surface area (Å²) in [7, 11) is 2.12. The fourth-order valence-corrected chi connectivity index (χ4v) is 3.94. The molecule has 134 valence electrons. The number of aromatic nitrogens is 2. The number of rotatable bonds is 4. The molecular weight excluding hydrogens is 358 g/mol. The van der Waals surface area contributed by atoms with Crippen LogP contribution in [0.3, 0.4) is 0 Å². The lowest BCUT2D eigenvalue weighted by molar-refractivity contribution is 0.102. The zero-order valence-electron chi connectivity index (χ0n) is 14.6. The number of piperazine rings is 1. The van der Waals surface area contributed by atoms with Crippen LogP contribution in [0.2, 0.25) is 5.02 Å². The van der Waals surface area contributed by atoms with E-state index in [4.69, 9.17) is 11.6 Å². The Morgan fingerprint density at radius 3 is 2.68 bits per heavy atom. The van der Waals surface area contributed by atoms with Crippen LogP contribution in [0.5, 0.6) is 0 Å². The molecule has 1 aliphatic heterocycles. The van der Waals surface area contributed by atoms with E-state index in [0.29, 0.717) is 16.5 Å². The Hall–Kier alpha value is -1.70. The summed E-state index contributed by atoms with van der Waals surface area (Å²) < 4.78 is 0. The summed E-state index contributed by atoms with van der Waals surface area (Å²) >= 11 is 7.69. The molecule has 1 N–H and O–H groups in total. The third-order valence-corrected chi connectivity index (χ3v) is 5.87. The van der Waals surface area contributed by atoms with Gasteiger partial charge in [0.25, 0.3) is 5.91 Å². The molecule has 1 fully saturated rings. The van der Waals surface area contributed by atoms with Crippen LogP contribution in [0.1, 0.15) is 35.1 Å². The number of amides is 1. The van der Waals surface area contributed by atoms with Crippen molar-refractivity contribution in [1.82, 2.24) is 14.9 Å². The summed E-state index contributed by atoms with van der Waals surface area (Å²) in [5, 5.41) is 4.11. The van der Waals surface area contributed by atoms with Gasteiger partial charge in [-0.05, 0) is 25.1 Å². The minimum atomic E-state index is -0.263. The number of hydrogen-bond acceptors (Lipinski definition) is 6. The highest BCUT2D eigenvalue weighted by Crippen LogP contribution is 2.33. The summed E-state index contributed by atoms with van der Waals surface area (Å²) in [6.07, 6.45) is 1.60. The maximum absolute atomic E-state index is 12.7. The Morgan fingerprint density at radius 2 is 2.04 bits per heavy atom. The number of halogens is 1. The van der Waals surface area contributed by atoms with Gasteiger partial charge in [0.2, 0.25) is 0 Å². The molecule has 0 unspecified atom stereocenters. The molecule has 0 spiro atoms. The van der Waals surface area contributed by atoms with E-state index >= 15 is 0 Å². The normalized spacial score (nSPS) is 15.6. The zero-order chi connectivity index (χ0) is 18.0. The van der Waals surface area contributed by atoms with Crippen molar-refractivity contribution in [2.75, 3.05) is 43.4 Å². The number of thiazole rings is 1. The maximum atomic E-state index is 12.7. The van der Waals surface area contributed by atoms with E-state index in [-0.39, 0.29) is 11.8 Å².